The molecule has 0 saturated carbocycles. The van der Waals surface area contributed by atoms with E-state index < -0.39 is 35.3 Å². The van der Waals surface area contributed by atoms with Gasteiger partial charge in [0, 0.05) is 18.8 Å². The van der Waals surface area contributed by atoms with Crippen molar-refractivity contribution in [3.8, 4) is 11.3 Å². The number of halogens is 3. The van der Waals surface area contributed by atoms with Gasteiger partial charge in [0.05, 0.1) is 18.6 Å². The van der Waals surface area contributed by atoms with E-state index in [1.54, 1.807) is 19.1 Å². The number of hydrogen-bond acceptors (Lipinski definition) is 9. The third kappa shape index (κ3) is 5.07. The van der Waals surface area contributed by atoms with Gasteiger partial charge in [-0.15, -0.1) is 0 Å². The van der Waals surface area contributed by atoms with Crippen molar-refractivity contribution >= 4 is 28.7 Å². The van der Waals surface area contributed by atoms with Gasteiger partial charge in [0.1, 0.15) is 23.9 Å². The number of aromatic nitrogens is 6. The highest BCUT2D eigenvalue weighted by molar-refractivity contribution is 5.90. The number of carbonyl (C=O) groups excluding carboxylic acids is 1. The van der Waals surface area contributed by atoms with E-state index in [-0.39, 0.29) is 35.6 Å². The molecule has 4 aromatic heterocycles. The molecule has 208 valence electrons. The van der Waals surface area contributed by atoms with Gasteiger partial charge in [0.15, 0.2) is 17.4 Å². The molecule has 1 atom stereocenters. The van der Waals surface area contributed by atoms with Crippen molar-refractivity contribution in [1.82, 2.24) is 34.1 Å². The third-order valence-electron chi connectivity index (χ3n) is 6.07. The second-order valence-electron chi connectivity index (χ2n) is 9.02. The molecule has 2 N–H and O–H groups in total. The normalized spacial score (nSPS) is 15.2. The van der Waals surface area contributed by atoms with Crippen molar-refractivity contribution in [3.63, 3.8) is 0 Å². The van der Waals surface area contributed by atoms with Gasteiger partial charge in [-0.3, -0.25) is 23.7 Å². The molecule has 0 radical (unpaired) electrons. The van der Waals surface area contributed by atoms with Crippen LogP contribution in [0.1, 0.15) is 18.2 Å². The quantitative estimate of drug-likeness (QED) is 0.363. The largest absolute Gasteiger partial charge is 0.433 e. The summed E-state index contributed by atoms with van der Waals surface area (Å²) in [6.45, 7) is 2.48. The molecule has 4 aromatic rings. The molecule has 0 saturated heterocycles. The fourth-order valence-corrected chi connectivity index (χ4v) is 4.24. The number of aryl methyl sites for hydroxylation is 2. The Kier molecular flexibility index (Phi) is 6.70. The molecule has 5 heterocycles. The number of carbonyl (C=O) groups is 1. The Morgan fingerprint density at radius 1 is 1.23 bits per heavy atom. The zero-order valence-electron chi connectivity index (χ0n) is 21.4. The first-order chi connectivity index (χ1) is 18.9. The predicted octanol–water partition coefficient (Wildman–Crippen LogP) is 1.60. The van der Waals surface area contributed by atoms with Crippen molar-refractivity contribution in [2.75, 3.05) is 5.32 Å². The van der Waals surface area contributed by atoms with E-state index in [1.165, 1.54) is 41.6 Å². The highest BCUT2D eigenvalue weighted by Crippen LogP contribution is 2.31. The molecule has 1 amide bonds. The Morgan fingerprint density at radius 2 is 2.00 bits per heavy atom. The summed E-state index contributed by atoms with van der Waals surface area (Å²) in [6.07, 6.45) is -2.71. The number of nitrogens with zero attached hydrogens (tertiary/aromatic N) is 7. The lowest BCUT2D eigenvalue weighted by molar-refractivity contribution is -0.141. The molecule has 16 heteroatoms. The predicted molar refractivity (Wildman–Crippen MR) is 136 cm³/mol. The van der Waals surface area contributed by atoms with Gasteiger partial charge < -0.3 is 9.88 Å². The fourth-order valence-electron chi connectivity index (χ4n) is 4.24. The highest BCUT2D eigenvalue weighted by atomic mass is 19.4. The van der Waals surface area contributed by atoms with E-state index >= 15 is 0 Å². The highest BCUT2D eigenvalue weighted by Gasteiger charge is 2.34. The van der Waals surface area contributed by atoms with Gasteiger partial charge in [0.25, 0.3) is 5.56 Å². The number of fused-ring (bicyclic) bond motifs is 1. The van der Waals surface area contributed by atoms with Crippen molar-refractivity contribution < 1.29 is 22.8 Å². The smallest absolute Gasteiger partial charge is 0.315 e. The maximum absolute atomic E-state index is 13.3. The number of hydrogen-bond donors (Lipinski definition) is 2. The maximum atomic E-state index is 13.3. The van der Waals surface area contributed by atoms with Crippen LogP contribution in [0.25, 0.3) is 22.4 Å². The molecule has 40 heavy (non-hydrogen) atoms. The summed E-state index contributed by atoms with van der Waals surface area (Å²) >= 11 is 0. The molecule has 0 bridgehead atoms. The van der Waals surface area contributed by atoms with Gasteiger partial charge in [-0.1, -0.05) is 6.07 Å². The topological polar surface area (TPSA) is 150 Å². The van der Waals surface area contributed by atoms with E-state index in [4.69, 9.17) is 4.84 Å². The SMILES string of the molecule is Cc1cc(-c2cccc(NC(=O)Cn3cnc4c3c(=O)n(CC3=NC(C)ON3)c(=O)n4C)n2)cnc1C(F)(F)F. The second-order valence-corrected chi connectivity index (χ2v) is 9.02. The van der Waals surface area contributed by atoms with Crippen LogP contribution in [0.5, 0.6) is 0 Å². The lowest BCUT2D eigenvalue weighted by atomic mass is 10.1. The Hall–Kier alpha value is -4.86. The number of rotatable bonds is 6. The third-order valence-corrected chi connectivity index (χ3v) is 6.07. The minimum absolute atomic E-state index is 0.0258. The number of alkyl halides is 3. The number of amides is 1. The molecule has 0 spiro atoms. The van der Waals surface area contributed by atoms with E-state index in [9.17, 15) is 27.6 Å². The lowest BCUT2D eigenvalue weighted by Gasteiger charge is -2.11. The average molecular weight is 557 g/mol. The van der Waals surface area contributed by atoms with Crippen molar-refractivity contribution in [2.45, 2.75) is 39.3 Å². The maximum Gasteiger partial charge on any atom is 0.433 e. The van der Waals surface area contributed by atoms with Crippen LogP contribution < -0.4 is 22.0 Å². The summed E-state index contributed by atoms with van der Waals surface area (Å²) in [7, 11) is 1.45. The van der Waals surface area contributed by atoms with Gasteiger partial charge in [-0.25, -0.2) is 30.1 Å². The van der Waals surface area contributed by atoms with E-state index in [2.05, 4.69) is 30.7 Å². The number of nitrogens with one attached hydrogen (secondary N) is 2. The minimum atomic E-state index is -4.58. The number of pyridine rings is 2. The Bertz CT molecular complexity index is 1790. The van der Waals surface area contributed by atoms with E-state index in [1.807, 2.05) is 0 Å². The van der Waals surface area contributed by atoms with Crippen LogP contribution in [0.3, 0.4) is 0 Å². The minimum Gasteiger partial charge on any atom is -0.315 e. The van der Waals surface area contributed by atoms with Crippen molar-refractivity contribution in [3.05, 3.63) is 68.9 Å². The van der Waals surface area contributed by atoms with Crippen LogP contribution in [-0.4, -0.2) is 46.6 Å². The number of anilines is 1. The lowest BCUT2D eigenvalue weighted by Crippen LogP contribution is -2.43. The molecule has 1 aliphatic rings. The molecule has 0 aliphatic carbocycles. The van der Waals surface area contributed by atoms with Crippen molar-refractivity contribution in [1.29, 1.82) is 0 Å². The van der Waals surface area contributed by atoms with Crippen LogP contribution in [0.4, 0.5) is 19.0 Å². The first-order valence-electron chi connectivity index (χ1n) is 11.9. The Labute approximate surface area is 222 Å². The standard InChI is InChI=1S/C24H22F3N9O4/c1-12-7-14(8-28-20(12)24(25,26)27)15-5-4-6-16(31-15)32-18(37)10-35-11-29-21-19(35)22(38)36(23(39)34(21)3)9-17-30-13(2)40-33-17/h4-8,11,13H,9-10H2,1-3H3,(H,30,33)(H,31,32,37). The van der Waals surface area contributed by atoms with Crippen molar-refractivity contribution in [2.24, 2.45) is 12.0 Å². The number of imidazole rings is 1. The summed E-state index contributed by atoms with van der Waals surface area (Å²) < 4.78 is 42.6. The van der Waals surface area contributed by atoms with Gasteiger partial charge >= 0.3 is 11.9 Å². The molecular formula is C24H22F3N9O4. The second kappa shape index (κ2) is 10.0. The fraction of sp³-hybridized carbons (Fsp3) is 0.292. The summed E-state index contributed by atoms with van der Waals surface area (Å²) in [5.74, 6) is -0.137. The Balaban J connectivity index is 1.39. The van der Waals surface area contributed by atoms with Gasteiger partial charge in [-0.2, -0.15) is 13.2 Å². The molecular weight excluding hydrogens is 535 g/mol. The summed E-state index contributed by atoms with van der Waals surface area (Å²) in [6, 6.07) is 5.97. The van der Waals surface area contributed by atoms with Crippen LogP contribution in [-0.2, 0) is 35.9 Å². The molecule has 0 aromatic carbocycles. The van der Waals surface area contributed by atoms with Gasteiger partial charge in [0.2, 0.25) is 5.91 Å². The monoisotopic (exact) mass is 557 g/mol. The Morgan fingerprint density at radius 3 is 2.67 bits per heavy atom. The number of amidine groups is 1. The molecule has 13 nitrogen and oxygen atoms in total. The molecule has 1 unspecified atom stereocenters. The van der Waals surface area contributed by atoms with E-state index in [0.29, 0.717) is 17.1 Å². The first-order valence-corrected chi connectivity index (χ1v) is 11.9. The van der Waals surface area contributed by atoms with Gasteiger partial charge in [-0.05, 0) is 37.6 Å². The molecule has 5 rings (SSSR count). The van der Waals surface area contributed by atoms with Crippen LogP contribution in [0.15, 0.2) is 51.4 Å². The summed E-state index contributed by atoms with van der Waals surface area (Å²) in [5.41, 5.74) is 0.987. The average Bonchev–Trinajstić information content (AvgIpc) is 3.50. The molecule has 1 aliphatic heterocycles. The van der Waals surface area contributed by atoms with Crippen LogP contribution in [0, 0.1) is 6.92 Å². The number of aliphatic imine (C=N–C) groups is 1. The first kappa shape index (κ1) is 26.7. The zero-order chi connectivity index (χ0) is 28.8. The summed E-state index contributed by atoms with van der Waals surface area (Å²) in [4.78, 5) is 60.2. The molecule has 0 fully saturated rings. The van der Waals surface area contributed by atoms with E-state index in [0.717, 1.165) is 10.8 Å². The summed E-state index contributed by atoms with van der Waals surface area (Å²) in [5, 5.41) is 2.61. The van der Waals surface area contributed by atoms with Crippen LogP contribution in [0.2, 0.25) is 0 Å². The number of hydroxylamine groups is 1. The zero-order valence-corrected chi connectivity index (χ0v) is 21.4. The van der Waals surface area contributed by atoms with Crippen LogP contribution >= 0.6 is 0 Å².